The molecular formula is C26H39N5O5S. The van der Waals surface area contributed by atoms with Crippen LogP contribution < -0.4 is 10.6 Å². The number of Topliss-reactive ketones (excluding diaryl/α,β-unsaturated/α-hetero) is 1. The zero-order valence-corrected chi connectivity index (χ0v) is 23.0. The van der Waals surface area contributed by atoms with E-state index >= 15 is 0 Å². The van der Waals surface area contributed by atoms with E-state index in [1.165, 1.54) is 36.0 Å². The second-order valence-electron chi connectivity index (χ2n) is 10.3. The molecule has 1 unspecified atom stereocenters. The van der Waals surface area contributed by atoms with Crippen molar-refractivity contribution in [3.05, 3.63) is 29.8 Å². The summed E-state index contributed by atoms with van der Waals surface area (Å²) in [6, 6.07) is 5.37. The maximum Gasteiger partial charge on any atom is 0.343 e. The molecule has 3 rings (SSSR count). The van der Waals surface area contributed by atoms with Gasteiger partial charge in [0.1, 0.15) is 11.4 Å². The summed E-state index contributed by atoms with van der Waals surface area (Å²) in [4.78, 5) is 41.6. The predicted molar refractivity (Wildman–Crippen MR) is 144 cm³/mol. The Morgan fingerprint density at radius 3 is 2.46 bits per heavy atom. The number of hydrazone groups is 1. The van der Waals surface area contributed by atoms with Crippen LogP contribution in [-0.4, -0.2) is 76.3 Å². The number of amides is 3. The van der Waals surface area contributed by atoms with Gasteiger partial charge in [0.25, 0.3) is 17.4 Å². The third-order valence-corrected chi connectivity index (χ3v) is 7.19. The summed E-state index contributed by atoms with van der Waals surface area (Å²) in [7, 11) is 3.93. The van der Waals surface area contributed by atoms with Gasteiger partial charge >= 0.3 is 6.03 Å². The second-order valence-corrected chi connectivity index (χ2v) is 11.4. The van der Waals surface area contributed by atoms with E-state index in [9.17, 15) is 19.5 Å². The first-order valence-electron chi connectivity index (χ1n) is 12.9. The Bertz CT molecular complexity index is 976. The summed E-state index contributed by atoms with van der Waals surface area (Å²) in [6.45, 7) is 4.86. The highest BCUT2D eigenvalue weighted by Crippen LogP contribution is 2.29. The lowest BCUT2D eigenvalue weighted by Gasteiger charge is -2.39. The van der Waals surface area contributed by atoms with Crippen LogP contribution in [0.15, 0.2) is 29.4 Å². The Morgan fingerprint density at radius 2 is 1.84 bits per heavy atom. The summed E-state index contributed by atoms with van der Waals surface area (Å²) in [5.74, 6) is 0.537. The number of phenols is 1. The molecule has 3 N–H and O–H groups in total. The van der Waals surface area contributed by atoms with Gasteiger partial charge < -0.3 is 25.4 Å². The summed E-state index contributed by atoms with van der Waals surface area (Å²) >= 11 is 1.36. The van der Waals surface area contributed by atoms with Crippen molar-refractivity contribution in [3.63, 3.8) is 0 Å². The van der Waals surface area contributed by atoms with Gasteiger partial charge in [-0.25, -0.2) is 4.79 Å². The summed E-state index contributed by atoms with van der Waals surface area (Å²) in [5, 5.41) is 21.2. The molecular weight excluding hydrogens is 494 g/mol. The monoisotopic (exact) mass is 533 g/mol. The van der Waals surface area contributed by atoms with E-state index in [0.29, 0.717) is 36.5 Å². The molecule has 0 radical (unpaired) electrons. The molecule has 2 aliphatic rings. The minimum absolute atomic E-state index is 0.0663. The van der Waals surface area contributed by atoms with E-state index < -0.39 is 17.9 Å². The van der Waals surface area contributed by atoms with Crippen molar-refractivity contribution in [2.75, 3.05) is 26.4 Å². The van der Waals surface area contributed by atoms with Gasteiger partial charge in [0.15, 0.2) is 5.78 Å². The lowest BCUT2D eigenvalue weighted by Crippen LogP contribution is -2.64. The highest BCUT2D eigenvalue weighted by Gasteiger charge is 2.42. The van der Waals surface area contributed by atoms with E-state index in [4.69, 9.17) is 4.74 Å². The number of hydrogen-bond donors (Lipinski definition) is 3. The average Bonchev–Trinajstić information content (AvgIpc) is 3.27. The molecule has 1 aliphatic heterocycles. The molecule has 1 heterocycles. The van der Waals surface area contributed by atoms with Crippen molar-refractivity contribution in [1.82, 2.24) is 20.5 Å². The molecule has 10 nitrogen and oxygen atoms in total. The third kappa shape index (κ3) is 8.36. The van der Waals surface area contributed by atoms with Crippen molar-refractivity contribution >= 4 is 34.7 Å². The molecule has 1 saturated carbocycles. The Kier molecular flexibility index (Phi) is 10.2. The number of carbonyl (C=O) groups excluding carboxylic acids is 3. The molecule has 0 bridgehead atoms. The van der Waals surface area contributed by atoms with Gasteiger partial charge in [0, 0.05) is 24.3 Å². The van der Waals surface area contributed by atoms with Crippen molar-refractivity contribution in [3.8, 4) is 5.75 Å². The Labute approximate surface area is 223 Å². The zero-order chi connectivity index (χ0) is 27.0. The lowest BCUT2D eigenvalue weighted by molar-refractivity contribution is -0.131. The molecule has 1 aromatic carbocycles. The molecule has 1 fully saturated rings. The predicted octanol–water partition coefficient (Wildman–Crippen LogP) is 3.72. The molecule has 3 amide bonds. The van der Waals surface area contributed by atoms with Crippen LogP contribution in [0.1, 0.15) is 69.2 Å². The minimum Gasteiger partial charge on any atom is -0.508 e. The van der Waals surface area contributed by atoms with Crippen molar-refractivity contribution < 1.29 is 24.2 Å². The number of phenolic OH excluding ortho intramolecular Hbond substituents is 1. The van der Waals surface area contributed by atoms with Gasteiger partial charge in [-0.2, -0.15) is 5.01 Å². The molecule has 204 valence electrons. The summed E-state index contributed by atoms with van der Waals surface area (Å²) in [6.07, 6.45) is 3.60. The fourth-order valence-electron chi connectivity index (χ4n) is 4.20. The topological polar surface area (TPSA) is 124 Å². The van der Waals surface area contributed by atoms with Crippen LogP contribution in [0.2, 0.25) is 0 Å². The second kappa shape index (κ2) is 13.1. The van der Waals surface area contributed by atoms with E-state index in [1.54, 1.807) is 0 Å². The quantitative estimate of drug-likeness (QED) is 0.392. The Hall–Kier alpha value is -2.79. The first kappa shape index (κ1) is 28.8. The standard InChI is InChI=1S/C26H39N5O5S/c1-18(2)8-13-21(33)23-31(29-25(36-23)37-17-16-30(3)4)24(35)28-26(14-6-5-7-15-26)27-22(34)19-9-11-20(32)12-10-19/h9-12,18,23,32H,5-8,13-17H2,1-4H3,(H,27,34)(H,28,35). The van der Waals surface area contributed by atoms with Crippen molar-refractivity contribution in [1.29, 1.82) is 0 Å². The van der Waals surface area contributed by atoms with Crippen molar-refractivity contribution in [2.24, 2.45) is 11.0 Å². The van der Waals surface area contributed by atoms with Gasteiger partial charge in [-0.3, -0.25) is 9.59 Å². The molecule has 1 aliphatic carbocycles. The fourth-order valence-corrected chi connectivity index (χ4v) is 5.13. The van der Waals surface area contributed by atoms with Gasteiger partial charge in [-0.15, -0.1) is 5.10 Å². The molecule has 0 spiro atoms. The first-order chi connectivity index (χ1) is 17.6. The zero-order valence-electron chi connectivity index (χ0n) is 22.2. The average molecular weight is 534 g/mol. The van der Waals surface area contributed by atoms with Crippen molar-refractivity contribution in [2.45, 2.75) is 70.7 Å². The van der Waals surface area contributed by atoms with Crippen LogP contribution in [0.3, 0.4) is 0 Å². The maximum atomic E-state index is 13.5. The van der Waals surface area contributed by atoms with Gasteiger partial charge in [-0.05, 0) is 76.4 Å². The number of hydrogen-bond acceptors (Lipinski definition) is 8. The summed E-state index contributed by atoms with van der Waals surface area (Å²) in [5.41, 5.74) is -0.604. The number of rotatable bonds is 10. The van der Waals surface area contributed by atoms with Crippen LogP contribution >= 0.6 is 11.8 Å². The van der Waals surface area contributed by atoms with Crippen LogP contribution in [0.5, 0.6) is 5.75 Å². The van der Waals surface area contributed by atoms with Crippen LogP contribution in [0, 0.1) is 5.92 Å². The number of aromatic hydroxyl groups is 1. The Balaban J connectivity index is 1.77. The summed E-state index contributed by atoms with van der Waals surface area (Å²) < 4.78 is 5.85. The molecule has 0 aromatic heterocycles. The first-order valence-corrected chi connectivity index (χ1v) is 13.9. The van der Waals surface area contributed by atoms with E-state index in [0.717, 1.165) is 30.8 Å². The SMILES string of the molecule is CC(C)CCC(=O)C1OC(SCCN(C)C)=NN1C(=O)NC1(NC(=O)c2ccc(O)cc2)CCCCC1. The van der Waals surface area contributed by atoms with Gasteiger partial charge in [0.2, 0.25) is 0 Å². The molecule has 37 heavy (non-hydrogen) atoms. The van der Waals surface area contributed by atoms with Crippen LogP contribution in [-0.2, 0) is 9.53 Å². The van der Waals surface area contributed by atoms with E-state index in [1.807, 2.05) is 32.8 Å². The van der Waals surface area contributed by atoms with Crippen LogP contribution in [0.25, 0.3) is 0 Å². The maximum absolute atomic E-state index is 13.5. The number of nitrogens with one attached hydrogen (secondary N) is 2. The fraction of sp³-hybridized carbons (Fsp3) is 0.615. The van der Waals surface area contributed by atoms with Gasteiger partial charge in [-0.1, -0.05) is 32.0 Å². The number of ketones is 1. The largest absolute Gasteiger partial charge is 0.508 e. The molecule has 1 atom stereocenters. The smallest absolute Gasteiger partial charge is 0.343 e. The van der Waals surface area contributed by atoms with Crippen LogP contribution in [0.4, 0.5) is 4.79 Å². The Morgan fingerprint density at radius 1 is 1.16 bits per heavy atom. The number of nitrogens with zero attached hydrogens (tertiary/aromatic N) is 3. The molecule has 0 saturated heterocycles. The highest BCUT2D eigenvalue weighted by atomic mass is 32.2. The minimum atomic E-state index is -1.13. The number of benzene rings is 1. The van der Waals surface area contributed by atoms with Gasteiger partial charge in [0.05, 0.1) is 0 Å². The number of urea groups is 1. The molecule has 1 aromatic rings. The number of ether oxygens (including phenoxy) is 1. The van der Waals surface area contributed by atoms with E-state index in [-0.39, 0.29) is 29.1 Å². The number of thioether (sulfide) groups is 1. The number of carbonyl (C=O) groups is 3. The third-order valence-electron chi connectivity index (χ3n) is 6.38. The lowest BCUT2D eigenvalue weighted by atomic mass is 9.88. The highest BCUT2D eigenvalue weighted by molar-refractivity contribution is 8.13. The normalized spacial score (nSPS) is 18.9. The molecule has 11 heteroatoms. The van der Waals surface area contributed by atoms with E-state index in [2.05, 4.69) is 15.7 Å².